The van der Waals surface area contributed by atoms with E-state index in [1.807, 2.05) is 40.6 Å². The second kappa shape index (κ2) is 8.05. The minimum absolute atomic E-state index is 0.113. The molecule has 5 rings (SSSR count). The van der Waals surface area contributed by atoms with Gasteiger partial charge in [-0.3, -0.25) is 4.79 Å². The molecule has 0 unspecified atom stereocenters. The molecule has 2 heterocycles. The van der Waals surface area contributed by atoms with E-state index in [0.717, 1.165) is 48.4 Å². The van der Waals surface area contributed by atoms with Gasteiger partial charge in [-0.05, 0) is 32.1 Å². The van der Waals surface area contributed by atoms with Gasteiger partial charge < -0.3 is 4.90 Å². The Hall–Kier alpha value is -1.77. The number of likely N-dealkylation sites (tertiary alicyclic amines) is 1. The molecule has 160 valence electrons. The summed E-state index contributed by atoms with van der Waals surface area (Å²) >= 11 is 1.59. The standard InChI is InChI=1S/C22H27N3O3S2/c26-22(16-7-4-8-16)25-12-11-19(24-30(27,28)18-9-10-18)20(25)13-17-14-29-21(23-17)15-5-2-1-3-6-15/h1-3,5-6,14,16,18-20,24H,4,7-13H2/t19-,20-/m1/s1. The highest BCUT2D eigenvalue weighted by atomic mass is 32.2. The summed E-state index contributed by atoms with van der Waals surface area (Å²) in [4.78, 5) is 19.8. The van der Waals surface area contributed by atoms with Crippen LogP contribution in [0.2, 0.25) is 0 Å². The zero-order valence-corrected chi connectivity index (χ0v) is 18.5. The first-order valence-electron chi connectivity index (χ1n) is 10.8. The first-order valence-corrected chi connectivity index (χ1v) is 13.3. The third-order valence-electron chi connectivity index (χ3n) is 6.55. The van der Waals surface area contributed by atoms with Crippen molar-refractivity contribution in [1.82, 2.24) is 14.6 Å². The molecular formula is C22H27N3O3S2. The lowest BCUT2D eigenvalue weighted by molar-refractivity contribution is -0.139. The Labute approximate surface area is 181 Å². The average molecular weight is 446 g/mol. The topological polar surface area (TPSA) is 79.4 Å². The predicted molar refractivity (Wildman–Crippen MR) is 118 cm³/mol. The van der Waals surface area contributed by atoms with E-state index < -0.39 is 10.0 Å². The van der Waals surface area contributed by atoms with Crippen molar-refractivity contribution in [2.24, 2.45) is 5.92 Å². The lowest BCUT2D eigenvalue weighted by Gasteiger charge is -2.34. The number of nitrogens with zero attached hydrogens (tertiary/aromatic N) is 2. The van der Waals surface area contributed by atoms with E-state index in [1.54, 1.807) is 11.3 Å². The first-order chi connectivity index (χ1) is 14.5. The summed E-state index contributed by atoms with van der Waals surface area (Å²) in [6, 6.07) is 9.65. The fraction of sp³-hybridized carbons (Fsp3) is 0.545. The number of thiazole rings is 1. The van der Waals surface area contributed by atoms with Gasteiger partial charge in [-0.2, -0.15) is 0 Å². The third kappa shape index (κ3) is 4.05. The summed E-state index contributed by atoms with van der Waals surface area (Å²) in [6.45, 7) is 0.619. The zero-order valence-electron chi connectivity index (χ0n) is 16.9. The Morgan fingerprint density at radius 1 is 1.13 bits per heavy atom. The number of benzene rings is 1. The fourth-order valence-electron chi connectivity index (χ4n) is 4.42. The van der Waals surface area contributed by atoms with Crippen LogP contribution < -0.4 is 4.72 Å². The molecule has 1 saturated heterocycles. The van der Waals surface area contributed by atoms with E-state index in [9.17, 15) is 13.2 Å². The minimum Gasteiger partial charge on any atom is -0.337 e. The quantitative estimate of drug-likeness (QED) is 0.710. The molecule has 2 atom stereocenters. The van der Waals surface area contributed by atoms with Crippen LogP contribution in [0, 0.1) is 5.92 Å². The van der Waals surface area contributed by atoms with Crippen LogP contribution in [-0.2, 0) is 21.2 Å². The number of carbonyl (C=O) groups is 1. The van der Waals surface area contributed by atoms with Crippen molar-refractivity contribution in [3.63, 3.8) is 0 Å². The Morgan fingerprint density at radius 2 is 1.90 bits per heavy atom. The van der Waals surface area contributed by atoms with Crippen LogP contribution in [-0.4, -0.2) is 48.1 Å². The smallest absolute Gasteiger partial charge is 0.225 e. The number of aromatic nitrogens is 1. The molecule has 1 amide bonds. The van der Waals surface area contributed by atoms with Crippen molar-refractivity contribution >= 4 is 27.3 Å². The van der Waals surface area contributed by atoms with Gasteiger partial charge in [0, 0.05) is 35.9 Å². The molecule has 3 fully saturated rings. The number of amides is 1. The molecule has 1 aromatic carbocycles. The van der Waals surface area contributed by atoms with Gasteiger partial charge in [0.05, 0.1) is 17.0 Å². The van der Waals surface area contributed by atoms with E-state index in [4.69, 9.17) is 4.98 Å². The summed E-state index contributed by atoms with van der Waals surface area (Å²) < 4.78 is 28.1. The molecule has 2 aliphatic carbocycles. The maximum absolute atomic E-state index is 13.0. The molecule has 0 radical (unpaired) electrons. The third-order valence-corrected chi connectivity index (χ3v) is 9.47. The van der Waals surface area contributed by atoms with Crippen LogP contribution in [0.1, 0.15) is 44.2 Å². The molecule has 1 N–H and O–H groups in total. The van der Waals surface area contributed by atoms with Crippen LogP contribution >= 0.6 is 11.3 Å². The molecule has 2 saturated carbocycles. The Kier molecular flexibility index (Phi) is 5.41. The van der Waals surface area contributed by atoms with E-state index >= 15 is 0 Å². The number of carbonyl (C=O) groups excluding carboxylic acids is 1. The summed E-state index contributed by atoms with van der Waals surface area (Å²) in [5.74, 6) is 0.305. The predicted octanol–water partition coefficient (Wildman–Crippen LogP) is 3.20. The van der Waals surface area contributed by atoms with E-state index in [-0.39, 0.29) is 29.2 Å². The summed E-state index contributed by atoms with van der Waals surface area (Å²) in [6.07, 6.45) is 5.75. The van der Waals surface area contributed by atoms with Crippen molar-refractivity contribution in [3.05, 3.63) is 41.4 Å². The van der Waals surface area contributed by atoms with Crippen LogP contribution in [0.25, 0.3) is 10.6 Å². The number of hydrogen-bond donors (Lipinski definition) is 1. The van der Waals surface area contributed by atoms with Gasteiger partial charge in [-0.25, -0.2) is 18.1 Å². The van der Waals surface area contributed by atoms with Crippen molar-refractivity contribution in [3.8, 4) is 10.6 Å². The molecule has 3 aliphatic rings. The molecule has 6 nitrogen and oxygen atoms in total. The lowest BCUT2D eigenvalue weighted by Crippen LogP contribution is -2.50. The maximum atomic E-state index is 13.0. The van der Waals surface area contributed by atoms with Gasteiger partial charge in [0.25, 0.3) is 0 Å². The van der Waals surface area contributed by atoms with Crippen molar-refractivity contribution in [2.45, 2.75) is 62.3 Å². The van der Waals surface area contributed by atoms with E-state index in [2.05, 4.69) is 4.72 Å². The summed E-state index contributed by atoms with van der Waals surface area (Å²) in [5.41, 5.74) is 2.00. The largest absolute Gasteiger partial charge is 0.337 e. The monoisotopic (exact) mass is 445 g/mol. The molecule has 0 bridgehead atoms. The van der Waals surface area contributed by atoms with Crippen LogP contribution in [0.15, 0.2) is 35.7 Å². The molecule has 8 heteroatoms. The minimum atomic E-state index is -3.30. The SMILES string of the molecule is O=C(C1CCC1)N1CC[C@@H](NS(=O)(=O)C2CC2)[C@H]1Cc1csc(-c2ccccc2)n1. The Bertz CT molecular complexity index is 1010. The number of nitrogens with one attached hydrogen (secondary N) is 1. The number of hydrogen-bond acceptors (Lipinski definition) is 5. The number of rotatable bonds is 7. The molecule has 30 heavy (non-hydrogen) atoms. The van der Waals surface area contributed by atoms with Gasteiger partial charge in [0.15, 0.2) is 0 Å². The van der Waals surface area contributed by atoms with Gasteiger partial charge in [0.1, 0.15) is 5.01 Å². The Balaban J connectivity index is 1.37. The lowest BCUT2D eigenvalue weighted by atomic mass is 9.84. The molecule has 1 aromatic heterocycles. The van der Waals surface area contributed by atoms with Crippen LogP contribution in [0.5, 0.6) is 0 Å². The van der Waals surface area contributed by atoms with Crippen LogP contribution in [0.4, 0.5) is 0 Å². The van der Waals surface area contributed by atoms with Gasteiger partial charge in [0.2, 0.25) is 15.9 Å². The average Bonchev–Trinajstić information content (AvgIpc) is 3.36. The van der Waals surface area contributed by atoms with Crippen molar-refractivity contribution in [1.29, 1.82) is 0 Å². The highest BCUT2D eigenvalue weighted by Gasteiger charge is 2.44. The molecule has 0 spiro atoms. The van der Waals surface area contributed by atoms with Gasteiger partial charge in [-0.1, -0.05) is 36.8 Å². The normalized spacial score (nSPS) is 24.7. The molecule has 2 aromatic rings. The van der Waals surface area contributed by atoms with Crippen LogP contribution in [0.3, 0.4) is 0 Å². The fourth-order valence-corrected chi connectivity index (χ4v) is 6.91. The molecular weight excluding hydrogens is 418 g/mol. The van der Waals surface area contributed by atoms with Crippen molar-refractivity contribution in [2.75, 3.05) is 6.54 Å². The second-order valence-electron chi connectivity index (χ2n) is 8.70. The Morgan fingerprint density at radius 3 is 2.57 bits per heavy atom. The number of sulfonamides is 1. The van der Waals surface area contributed by atoms with Gasteiger partial charge >= 0.3 is 0 Å². The highest BCUT2D eigenvalue weighted by molar-refractivity contribution is 7.90. The van der Waals surface area contributed by atoms with E-state index in [0.29, 0.717) is 19.4 Å². The summed E-state index contributed by atoms with van der Waals surface area (Å²) in [5, 5.41) is 2.74. The first kappa shape index (κ1) is 20.2. The maximum Gasteiger partial charge on any atom is 0.225 e. The zero-order chi connectivity index (χ0) is 20.7. The highest BCUT2D eigenvalue weighted by Crippen LogP contribution is 2.34. The molecule has 1 aliphatic heterocycles. The summed E-state index contributed by atoms with van der Waals surface area (Å²) in [7, 11) is -3.30. The second-order valence-corrected chi connectivity index (χ2v) is 11.5. The van der Waals surface area contributed by atoms with Gasteiger partial charge in [-0.15, -0.1) is 11.3 Å². The van der Waals surface area contributed by atoms with Crippen molar-refractivity contribution < 1.29 is 13.2 Å². The van der Waals surface area contributed by atoms with E-state index in [1.165, 1.54) is 0 Å².